The van der Waals surface area contributed by atoms with E-state index in [1.807, 2.05) is 13.1 Å². The van der Waals surface area contributed by atoms with Crippen molar-refractivity contribution >= 4 is 17.1 Å². The van der Waals surface area contributed by atoms with Gasteiger partial charge in [-0.15, -0.1) is 11.3 Å². The van der Waals surface area contributed by atoms with Crippen LogP contribution < -0.4 is 0 Å². The Labute approximate surface area is 98.7 Å². The molecule has 0 aliphatic rings. The van der Waals surface area contributed by atoms with Gasteiger partial charge in [-0.25, -0.2) is 0 Å². The molecule has 4 heteroatoms. The number of hydrogen-bond acceptors (Lipinski definition) is 3. The molecule has 0 aliphatic heterocycles. The predicted octanol–water partition coefficient (Wildman–Crippen LogP) is 2.47. The largest absolute Gasteiger partial charge is 0.292 e. The Morgan fingerprint density at radius 3 is 2.69 bits per heavy atom. The topological polar surface area (TPSA) is 34.9 Å². The standard InChI is InChI=1S/C12H14N2OS/c1-3-9-4-5-10(16-9)8-12(15)11-6-7-14(2)13-11/h4-7H,3,8H2,1-2H3. The minimum Gasteiger partial charge on any atom is -0.292 e. The second-order valence-electron chi connectivity index (χ2n) is 3.70. The van der Waals surface area contributed by atoms with Crippen molar-refractivity contribution in [2.24, 2.45) is 7.05 Å². The Kier molecular flexibility index (Phi) is 3.19. The van der Waals surface area contributed by atoms with Crippen molar-refractivity contribution in [2.75, 3.05) is 0 Å². The van der Waals surface area contributed by atoms with Crippen molar-refractivity contribution in [1.82, 2.24) is 9.78 Å². The number of nitrogens with zero attached hydrogens (tertiary/aromatic N) is 2. The zero-order chi connectivity index (χ0) is 11.5. The Morgan fingerprint density at radius 2 is 2.12 bits per heavy atom. The van der Waals surface area contributed by atoms with E-state index in [4.69, 9.17) is 0 Å². The van der Waals surface area contributed by atoms with Crippen molar-refractivity contribution in [1.29, 1.82) is 0 Å². The minimum absolute atomic E-state index is 0.0881. The lowest BCUT2D eigenvalue weighted by Gasteiger charge is -1.94. The molecule has 2 heterocycles. The van der Waals surface area contributed by atoms with E-state index in [-0.39, 0.29) is 5.78 Å². The van der Waals surface area contributed by atoms with Crippen LogP contribution in [0.15, 0.2) is 24.4 Å². The predicted molar refractivity (Wildman–Crippen MR) is 64.9 cm³/mol. The van der Waals surface area contributed by atoms with Crippen LogP contribution in [0.4, 0.5) is 0 Å². The van der Waals surface area contributed by atoms with Crippen LogP contribution in [0.1, 0.15) is 27.2 Å². The third-order valence-electron chi connectivity index (χ3n) is 2.40. The van der Waals surface area contributed by atoms with Gasteiger partial charge in [0.2, 0.25) is 0 Å². The first-order chi connectivity index (χ1) is 7.69. The molecule has 0 saturated carbocycles. The van der Waals surface area contributed by atoms with Gasteiger partial charge in [0, 0.05) is 29.4 Å². The lowest BCUT2D eigenvalue weighted by Crippen LogP contribution is -2.04. The molecule has 2 rings (SSSR count). The maximum Gasteiger partial charge on any atom is 0.188 e. The van der Waals surface area contributed by atoms with Crippen LogP contribution in [-0.4, -0.2) is 15.6 Å². The zero-order valence-electron chi connectivity index (χ0n) is 9.43. The van der Waals surface area contributed by atoms with Crippen molar-refractivity contribution in [3.8, 4) is 0 Å². The maximum atomic E-state index is 11.9. The highest BCUT2D eigenvalue weighted by molar-refractivity contribution is 7.12. The number of hydrogen-bond donors (Lipinski definition) is 0. The van der Waals surface area contributed by atoms with Crippen molar-refractivity contribution < 1.29 is 4.79 Å². The zero-order valence-corrected chi connectivity index (χ0v) is 10.3. The van der Waals surface area contributed by atoms with Crippen LogP contribution in [0.25, 0.3) is 0 Å². The van der Waals surface area contributed by atoms with E-state index in [9.17, 15) is 4.79 Å². The second-order valence-corrected chi connectivity index (χ2v) is 4.95. The minimum atomic E-state index is 0.0881. The Morgan fingerprint density at radius 1 is 1.38 bits per heavy atom. The fourth-order valence-corrected chi connectivity index (χ4v) is 2.48. The smallest absolute Gasteiger partial charge is 0.188 e. The van der Waals surface area contributed by atoms with Crippen LogP contribution in [-0.2, 0) is 19.9 Å². The van der Waals surface area contributed by atoms with Gasteiger partial charge in [-0.3, -0.25) is 9.48 Å². The summed E-state index contributed by atoms with van der Waals surface area (Å²) in [6.07, 6.45) is 3.28. The number of aromatic nitrogens is 2. The average molecular weight is 234 g/mol. The van der Waals surface area contributed by atoms with E-state index in [1.165, 1.54) is 4.88 Å². The van der Waals surface area contributed by atoms with E-state index in [1.54, 1.807) is 28.3 Å². The van der Waals surface area contributed by atoms with Crippen molar-refractivity contribution in [3.63, 3.8) is 0 Å². The molecule has 0 radical (unpaired) electrons. The van der Waals surface area contributed by atoms with Crippen LogP contribution in [0.2, 0.25) is 0 Å². The lowest BCUT2D eigenvalue weighted by molar-refractivity contribution is 0.0988. The third kappa shape index (κ3) is 2.39. The summed E-state index contributed by atoms with van der Waals surface area (Å²) in [6, 6.07) is 5.88. The summed E-state index contributed by atoms with van der Waals surface area (Å²) in [5.74, 6) is 0.0881. The first kappa shape index (κ1) is 11.1. The van der Waals surface area contributed by atoms with Crippen LogP contribution in [0, 0.1) is 0 Å². The lowest BCUT2D eigenvalue weighted by atomic mass is 10.2. The molecule has 0 saturated heterocycles. The first-order valence-corrected chi connectivity index (χ1v) is 6.11. The van der Waals surface area contributed by atoms with Gasteiger partial charge in [0.25, 0.3) is 0 Å². The molecule has 0 aromatic carbocycles. The molecule has 0 bridgehead atoms. The number of Topliss-reactive ketones (excluding diaryl/α,β-unsaturated/α-hetero) is 1. The van der Waals surface area contributed by atoms with Gasteiger partial charge < -0.3 is 0 Å². The van der Waals surface area contributed by atoms with E-state index in [0.717, 1.165) is 11.3 Å². The molecule has 2 aromatic heterocycles. The molecule has 16 heavy (non-hydrogen) atoms. The summed E-state index contributed by atoms with van der Waals surface area (Å²) in [5.41, 5.74) is 0.550. The van der Waals surface area contributed by atoms with Gasteiger partial charge in [0.15, 0.2) is 5.78 Å². The highest BCUT2D eigenvalue weighted by Crippen LogP contribution is 2.18. The molecule has 0 amide bonds. The summed E-state index contributed by atoms with van der Waals surface area (Å²) in [6.45, 7) is 2.12. The van der Waals surface area contributed by atoms with E-state index in [2.05, 4.69) is 18.1 Å². The number of carbonyl (C=O) groups is 1. The molecule has 0 spiro atoms. The normalized spacial score (nSPS) is 10.6. The summed E-state index contributed by atoms with van der Waals surface area (Å²) in [4.78, 5) is 14.3. The molecule has 0 unspecified atom stereocenters. The molecule has 3 nitrogen and oxygen atoms in total. The maximum absolute atomic E-state index is 11.9. The SMILES string of the molecule is CCc1ccc(CC(=O)c2ccn(C)n2)s1. The molecule has 0 atom stereocenters. The van der Waals surface area contributed by atoms with E-state index >= 15 is 0 Å². The van der Waals surface area contributed by atoms with Gasteiger partial charge in [-0.2, -0.15) is 5.10 Å². The number of aryl methyl sites for hydroxylation is 2. The number of thiophene rings is 1. The average Bonchev–Trinajstić information content (AvgIpc) is 2.87. The molecule has 0 aliphatic carbocycles. The van der Waals surface area contributed by atoms with Crippen LogP contribution in [0.3, 0.4) is 0 Å². The fourth-order valence-electron chi connectivity index (χ4n) is 1.52. The fraction of sp³-hybridized carbons (Fsp3) is 0.333. The third-order valence-corrected chi connectivity index (χ3v) is 3.63. The Balaban J connectivity index is 2.07. The second kappa shape index (κ2) is 4.61. The van der Waals surface area contributed by atoms with Gasteiger partial charge >= 0.3 is 0 Å². The first-order valence-electron chi connectivity index (χ1n) is 5.29. The molecule has 0 N–H and O–H groups in total. The van der Waals surface area contributed by atoms with E-state index in [0.29, 0.717) is 12.1 Å². The molecule has 2 aromatic rings. The molecule has 0 fully saturated rings. The number of rotatable bonds is 4. The van der Waals surface area contributed by atoms with Gasteiger partial charge in [0.1, 0.15) is 5.69 Å². The highest BCUT2D eigenvalue weighted by Gasteiger charge is 2.11. The van der Waals surface area contributed by atoms with Crippen molar-refractivity contribution in [3.05, 3.63) is 39.8 Å². The monoisotopic (exact) mass is 234 g/mol. The molecular weight excluding hydrogens is 220 g/mol. The number of ketones is 1. The van der Waals surface area contributed by atoms with Crippen LogP contribution >= 0.6 is 11.3 Å². The number of carbonyl (C=O) groups excluding carboxylic acids is 1. The van der Waals surface area contributed by atoms with Gasteiger partial charge in [-0.05, 0) is 24.6 Å². The summed E-state index contributed by atoms with van der Waals surface area (Å²) < 4.78 is 1.65. The summed E-state index contributed by atoms with van der Waals surface area (Å²) >= 11 is 1.71. The van der Waals surface area contributed by atoms with Crippen LogP contribution in [0.5, 0.6) is 0 Å². The summed E-state index contributed by atoms with van der Waals surface area (Å²) in [7, 11) is 1.82. The van der Waals surface area contributed by atoms with E-state index < -0.39 is 0 Å². The summed E-state index contributed by atoms with van der Waals surface area (Å²) in [5, 5.41) is 4.11. The quantitative estimate of drug-likeness (QED) is 0.762. The van der Waals surface area contributed by atoms with Crippen molar-refractivity contribution in [2.45, 2.75) is 19.8 Å². The molecular formula is C12H14N2OS. The molecule has 84 valence electrons. The van der Waals surface area contributed by atoms with Gasteiger partial charge in [-0.1, -0.05) is 6.92 Å². The highest BCUT2D eigenvalue weighted by atomic mass is 32.1. The van der Waals surface area contributed by atoms with Gasteiger partial charge in [0.05, 0.1) is 0 Å². The Bertz CT molecular complexity index is 499. The Hall–Kier alpha value is -1.42.